The van der Waals surface area contributed by atoms with Gasteiger partial charge in [-0.1, -0.05) is 0 Å². The monoisotopic (exact) mass is 256 g/mol. The normalized spacial score (nSPS) is 12.5. The van der Waals surface area contributed by atoms with E-state index in [0.29, 0.717) is 18.1 Å². The summed E-state index contributed by atoms with van der Waals surface area (Å²) in [7, 11) is 1.80. The molecule has 4 nitrogen and oxygen atoms in total. The predicted molar refractivity (Wildman–Crippen MR) is 71.2 cm³/mol. The Labute approximate surface area is 107 Å². The second-order valence-corrected chi connectivity index (χ2v) is 5.00. The number of thioether (sulfide) groups is 1. The van der Waals surface area contributed by atoms with E-state index >= 15 is 0 Å². The zero-order valence-electron chi connectivity index (χ0n) is 10.6. The van der Waals surface area contributed by atoms with Crippen molar-refractivity contribution in [1.82, 2.24) is 4.90 Å². The number of hydrogen-bond acceptors (Lipinski definition) is 4. The summed E-state index contributed by atoms with van der Waals surface area (Å²) < 4.78 is 5.35. The minimum absolute atomic E-state index is 0.0849. The molecule has 1 heterocycles. The lowest BCUT2D eigenvalue weighted by Gasteiger charge is -2.23. The maximum Gasteiger partial charge on any atom is 0.289 e. The highest BCUT2D eigenvalue weighted by Crippen LogP contribution is 2.13. The first-order valence-corrected chi connectivity index (χ1v) is 7.04. The summed E-state index contributed by atoms with van der Waals surface area (Å²) in [6.07, 6.45) is 3.04. The first-order chi connectivity index (χ1) is 8.10. The molecule has 1 aromatic rings. The Morgan fingerprint density at radius 3 is 2.82 bits per heavy atom. The van der Waals surface area contributed by atoms with E-state index in [-0.39, 0.29) is 11.9 Å². The van der Waals surface area contributed by atoms with Crippen molar-refractivity contribution in [1.29, 1.82) is 0 Å². The predicted octanol–water partition coefficient (Wildman–Crippen LogP) is 1.95. The van der Waals surface area contributed by atoms with Gasteiger partial charge >= 0.3 is 0 Å². The maximum absolute atomic E-state index is 12.1. The van der Waals surface area contributed by atoms with Gasteiger partial charge in [0.2, 0.25) is 0 Å². The van der Waals surface area contributed by atoms with Crippen LogP contribution in [0, 0.1) is 0 Å². The third-order valence-corrected chi connectivity index (χ3v) is 3.44. The van der Waals surface area contributed by atoms with E-state index in [9.17, 15) is 4.79 Å². The number of carbonyl (C=O) groups is 1. The molecule has 0 spiro atoms. The molecule has 0 fully saturated rings. The fourth-order valence-electron chi connectivity index (χ4n) is 1.46. The Kier molecular flexibility index (Phi) is 5.58. The molecule has 96 valence electrons. The smallest absolute Gasteiger partial charge is 0.289 e. The summed E-state index contributed by atoms with van der Waals surface area (Å²) in [4.78, 5) is 13.8. The highest BCUT2D eigenvalue weighted by atomic mass is 32.2. The standard InChI is InChI=1S/C12H20N2O2S/c1-9(6-7-17-3)14(2)12(15)11-5-4-10(8-13)16-11/h4-5,9H,6-8,13H2,1-3H3. The van der Waals surface area contributed by atoms with Gasteiger partial charge in [-0.05, 0) is 37.5 Å². The van der Waals surface area contributed by atoms with Crippen LogP contribution in [-0.4, -0.2) is 35.9 Å². The highest BCUT2D eigenvalue weighted by Gasteiger charge is 2.19. The molecular formula is C12H20N2O2S. The van der Waals surface area contributed by atoms with Crippen molar-refractivity contribution in [2.24, 2.45) is 5.73 Å². The van der Waals surface area contributed by atoms with Gasteiger partial charge in [0.1, 0.15) is 5.76 Å². The molecule has 1 atom stereocenters. The van der Waals surface area contributed by atoms with E-state index in [0.717, 1.165) is 12.2 Å². The van der Waals surface area contributed by atoms with Crippen LogP contribution in [0.15, 0.2) is 16.5 Å². The number of nitrogens with zero attached hydrogens (tertiary/aromatic N) is 1. The van der Waals surface area contributed by atoms with Crippen LogP contribution in [0.2, 0.25) is 0 Å². The molecule has 0 aliphatic rings. The van der Waals surface area contributed by atoms with Crippen molar-refractivity contribution in [3.05, 3.63) is 23.7 Å². The van der Waals surface area contributed by atoms with Gasteiger partial charge in [0.05, 0.1) is 6.54 Å². The zero-order chi connectivity index (χ0) is 12.8. The summed E-state index contributed by atoms with van der Waals surface area (Å²) >= 11 is 1.78. The topological polar surface area (TPSA) is 59.5 Å². The number of rotatable bonds is 6. The molecular weight excluding hydrogens is 236 g/mol. The lowest BCUT2D eigenvalue weighted by Crippen LogP contribution is -2.35. The lowest BCUT2D eigenvalue weighted by atomic mass is 10.2. The van der Waals surface area contributed by atoms with Crippen LogP contribution >= 0.6 is 11.8 Å². The molecule has 1 rings (SSSR count). The Morgan fingerprint density at radius 2 is 2.29 bits per heavy atom. The van der Waals surface area contributed by atoms with E-state index in [2.05, 4.69) is 6.26 Å². The molecule has 5 heteroatoms. The van der Waals surface area contributed by atoms with E-state index in [1.807, 2.05) is 6.92 Å². The van der Waals surface area contributed by atoms with Crippen LogP contribution in [0.3, 0.4) is 0 Å². The summed E-state index contributed by atoms with van der Waals surface area (Å²) in [6.45, 7) is 2.36. The third kappa shape index (κ3) is 3.78. The zero-order valence-corrected chi connectivity index (χ0v) is 11.4. The van der Waals surface area contributed by atoms with E-state index in [1.165, 1.54) is 0 Å². The van der Waals surface area contributed by atoms with Crippen molar-refractivity contribution in [2.45, 2.75) is 25.9 Å². The molecule has 17 heavy (non-hydrogen) atoms. The summed E-state index contributed by atoms with van der Waals surface area (Å²) in [5.41, 5.74) is 5.44. The Hall–Kier alpha value is -0.940. The van der Waals surface area contributed by atoms with Gasteiger partial charge in [0.15, 0.2) is 5.76 Å². The van der Waals surface area contributed by atoms with Crippen LogP contribution in [0.4, 0.5) is 0 Å². The molecule has 0 aromatic carbocycles. The van der Waals surface area contributed by atoms with Gasteiger partial charge < -0.3 is 15.1 Å². The Balaban J connectivity index is 2.62. The van der Waals surface area contributed by atoms with Crippen molar-refractivity contribution in [2.75, 3.05) is 19.1 Å². The van der Waals surface area contributed by atoms with Crippen LogP contribution in [0.25, 0.3) is 0 Å². The van der Waals surface area contributed by atoms with Gasteiger partial charge in [0.25, 0.3) is 5.91 Å². The van der Waals surface area contributed by atoms with Crippen molar-refractivity contribution in [3.8, 4) is 0 Å². The fourth-order valence-corrected chi connectivity index (χ4v) is 2.04. The summed E-state index contributed by atoms with van der Waals surface area (Å²) in [5, 5.41) is 0. The van der Waals surface area contributed by atoms with Gasteiger partial charge in [-0.3, -0.25) is 4.79 Å². The van der Waals surface area contributed by atoms with Gasteiger partial charge in [-0.25, -0.2) is 0 Å². The summed E-state index contributed by atoms with van der Waals surface area (Å²) in [5.74, 6) is 1.96. The molecule has 0 aliphatic heterocycles. The molecule has 1 unspecified atom stereocenters. The fraction of sp³-hybridized carbons (Fsp3) is 0.583. The number of carbonyl (C=O) groups excluding carboxylic acids is 1. The second kappa shape index (κ2) is 6.71. The van der Waals surface area contributed by atoms with Crippen molar-refractivity contribution >= 4 is 17.7 Å². The van der Waals surface area contributed by atoms with Crippen LogP contribution in [0.1, 0.15) is 29.7 Å². The molecule has 0 aliphatic carbocycles. The first-order valence-electron chi connectivity index (χ1n) is 5.65. The van der Waals surface area contributed by atoms with Crippen molar-refractivity contribution in [3.63, 3.8) is 0 Å². The Bertz CT molecular complexity index is 365. The molecule has 0 saturated carbocycles. The number of furan rings is 1. The minimum atomic E-state index is -0.0849. The average molecular weight is 256 g/mol. The summed E-state index contributed by atoms with van der Waals surface area (Å²) in [6, 6.07) is 3.64. The van der Waals surface area contributed by atoms with Crippen LogP contribution in [-0.2, 0) is 6.54 Å². The largest absolute Gasteiger partial charge is 0.455 e. The Morgan fingerprint density at radius 1 is 1.59 bits per heavy atom. The maximum atomic E-state index is 12.1. The SMILES string of the molecule is CSCCC(C)N(C)C(=O)c1ccc(CN)o1. The lowest BCUT2D eigenvalue weighted by molar-refractivity contribution is 0.0707. The van der Waals surface area contributed by atoms with E-state index in [4.69, 9.17) is 10.2 Å². The van der Waals surface area contributed by atoms with Gasteiger partial charge in [-0.15, -0.1) is 0 Å². The molecule has 0 radical (unpaired) electrons. The molecule has 0 saturated heterocycles. The van der Waals surface area contributed by atoms with E-state index < -0.39 is 0 Å². The number of amides is 1. The molecule has 0 bridgehead atoms. The number of nitrogens with two attached hydrogens (primary N) is 1. The van der Waals surface area contributed by atoms with Crippen molar-refractivity contribution < 1.29 is 9.21 Å². The van der Waals surface area contributed by atoms with Gasteiger partial charge in [-0.2, -0.15) is 11.8 Å². The molecule has 1 amide bonds. The first kappa shape index (κ1) is 14.1. The van der Waals surface area contributed by atoms with Crippen LogP contribution < -0.4 is 5.73 Å². The third-order valence-electron chi connectivity index (χ3n) is 2.79. The minimum Gasteiger partial charge on any atom is -0.455 e. The highest BCUT2D eigenvalue weighted by molar-refractivity contribution is 7.98. The van der Waals surface area contributed by atoms with Crippen LogP contribution in [0.5, 0.6) is 0 Å². The second-order valence-electron chi connectivity index (χ2n) is 4.02. The van der Waals surface area contributed by atoms with Gasteiger partial charge in [0, 0.05) is 13.1 Å². The average Bonchev–Trinajstić information content (AvgIpc) is 2.82. The quantitative estimate of drug-likeness (QED) is 0.845. The molecule has 2 N–H and O–H groups in total. The molecule has 1 aromatic heterocycles. The van der Waals surface area contributed by atoms with E-state index in [1.54, 1.807) is 35.8 Å². The number of hydrogen-bond donors (Lipinski definition) is 1.